The van der Waals surface area contributed by atoms with Crippen molar-refractivity contribution in [3.05, 3.63) is 101 Å². The number of rotatable bonds is 3. The molecular formula is C23H17NO4. The molecule has 138 valence electrons. The van der Waals surface area contributed by atoms with Gasteiger partial charge in [-0.1, -0.05) is 48.5 Å². The largest absolute Gasteiger partial charge is 0.465 e. The fourth-order valence-corrected chi connectivity index (χ4v) is 3.50. The summed E-state index contributed by atoms with van der Waals surface area (Å²) < 4.78 is 4.80. The average molecular weight is 371 g/mol. The second-order valence-electron chi connectivity index (χ2n) is 6.45. The van der Waals surface area contributed by atoms with Gasteiger partial charge in [0.1, 0.15) is 0 Å². The van der Waals surface area contributed by atoms with Crippen molar-refractivity contribution in [1.29, 1.82) is 0 Å². The molecule has 0 spiro atoms. The Morgan fingerprint density at radius 2 is 1.50 bits per heavy atom. The van der Waals surface area contributed by atoms with Crippen molar-refractivity contribution in [2.45, 2.75) is 5.92 Å². The molecule has 0 fully saturated rings. The first kappa shape index (κ1) is 17.7. The van der Waals surface area contributed by atoms with Gasteiger partial charge in [0.2, 0.25) is 5.91 Å². The topological polar surface area (TPSA) is 63.7 Å². The highest BCUT2D eigenvalue weighted by Gasteiger charge is 2.42. The van der Waals surface area contributed by atoms with Crippen LogP contribution in [0.15, 0.2) is 78.9 Å². The molecule has 0 saturated carbocycles. The molecule has 4 rings (SSSR count). The molecule has 0 saturated heterocycles. The molecular weight excluding hydrogens is 354 g/mol. The van der Waals surface area contributed by atoms with Gasteiger partial charge in [0.15, 0.2) is 0 Å². The molecule has 0 aromatic heterocycles. The summed E-state index contributed by atoms with van der Waals surface area (Å²) in [4.78, 5) is 39.6. The number of carbonyl (C=O) groups is 3. The number of nitrogens with zero attached hydrogens (tertiary/aromatic N) is 1. The van der Waals surface area contributed by atoms with Crippen LogP contribution in [0.5, 0.6) is 0 Å². The lowest BCUT2D eigenvalue weighted by atomic mass is 9.91. The molecule has 1 unspecified atom stereocenters. The molecule has 3 aromatic carbocycles. The maximum absolute atomic E-state index is 13.3. The van der Waals surface area contributed by atoms with Gasteiger partial charge in [0.05, 0.1) is 24.3 Å². The smallest absolute Gasteiger partial charge is 0.337 e. The van der Waals surface area contributed by atoms with Crippen molar-refractivity contribution in [1.82, 2.24) is 0 Å². The lowest BCUT2D eigenvalue weighted by Gasteiger charge is -2.16. The zero-order valence-electron chi connectivity index (χ0n) is 15.2. The minimum Gasteiger partial charge on any atom is -0.465 e. The molecule has 0 aliphatic carbocycles. The Kier molecular flexibility index (Phi) is 4.49. The van der Waals surface area contributed by atoms with E-state index in [0.29, 0.717) is 22.4 Å². The van der Waals surface area contributed by atoms with E-state index in [9.17, 15) is 14.4 Å². The third-order valence-corrected chi connectivity index (χ3v) is 4.82. The summed E-state index contributed by atoms with van der Waals surface area (Å²) in [6.07, 6.45) is 0. The van der Waals surface area contributed by atoms with Crippen LogP contribution in [0.2, 0.25) is 0 Å². The van der Waals surface area contributed by atoms with Crippen molar-refractivity contribution in [2.75, 3.05) is 12.0 Å². The summed E-state index contributed by atoms with van der Waals surface area (Å²) in [6.45, 7) is 0. The van der Waals surface area contributed by atoms with Crippen LogP contribution in [0.25, 0.3) is 0 Å². The van der Waals surface area contributed by atoms with E-state index in [1.54, 1.807) is 42.5 Å². The van der Waals surface area contributed by atoms with E-state index < -0.39 is 17.8 Å². The zero-order chi connectivity index (χ0) is 19.7. The Morgan fingerprint density at radius 3 is 2.14 bits per heavy atom. The van der Waals surface area contributed by atoms with Crippen molar-refractivity contribution >= 4 is 23.5 Å². The Morgan fingerprint density at radius 1 is 0.857 bits per heavy atom. The van der Waals surface area contributed by atoms with Crippen LogP contribution in [0.1, 0.15) is 37.8 Å². The fourth-order valence-electron chi connectivity index (χ4n) is 3.50. The molecule has 0 bridgehead atoms. The number of methoxy groups -OCH3 is 1. The van der Waals surface area contributed by atoms with Gasteiger partial charge in [-0.2, -0.15) is 0 Å². The maximum atomic E-state index is 13.3. The number of hydrogen-bond acceptors (Lipinski definition) is 4. The highest BCUT2D eigenvalue weighted by Crippen LogP contribution is 2.42. The van der Waals surface area contributed by atoms with Gasteiger partial charge in [-0.15, -0.1) is 0 Å². The van der Waals surface area contributed by atoms with E-state index in [-0.39, 0.29) is 5.91 Å². The number of carbonyl (C=O) groups excluding carboxylic acids is 3. The summed E-state index contributed by atoms with van der Waals surface area (Å²) in [5, 5.41) is 0. The van der Waals surface area contributed by atoms with E-state index in [1.807, 2.05) is 36.4 Å². The minimum atomic E-state index is -0.659. The van der Waals surface area contributed by atoms with Crippen molar-refractivity contribution < 1.29 is 19.1 Å². The summed E-state index contributed by atoms with van der Waals surface area (Å²) in [5.74, 6) is -1.88. The third-order valence-electron chi connectivity index (χ3n) is 4.82. The molecule has 1 heterocycles. The van der Waals surface area contributed by atoms with Crippen molar-refractivity contribution in [2.24, 2.45) is 0 Å². The van der Waals surface area contributed by atoms with E-state index in [1.165, 1.54) is 12.0 Å². The van der Waals surface area contributed by atoms with Crippen LogP contribution < -0.4 is 4.90 Å². The highest BCUT2D eigenvalue weighted by atomic mass is 16.5. The first-order valence-electron chi connectivity index (χ1n) is 8.82. The van der Waals surface area contributed by atoms with Crippen LogP contribution in [0.4, 0.5) is 5.69 Å². The lowest BCUT2D eigenvalue weighted by molar-refractivity contribution is -0.117. The minimum absolute atomic E-state index is 0.336. The number of benzene rings is 3. The molecule has 28 heavy (non-hydrogen) atoms. The van der Waals surface area contributed by atoms with E-state index in [4.69, 9.17) is 4.74 Å². The second kappa shape index (κ2) is 7.12. The second-order valence-corrected chi connectivity index (χ2v) is 6.45. The van der Waals surface area contributed by atoms with Crippen LogP contribution in [0.3, 0.4) is 0 Å². The Labute approximate surface area is 162 Å². The molecule has 1 aliphatic rings. The van der Waals surface area contributed by atoms with Crippen LogP contribution in [-0.2, 0) is 9.53 Å². The van der Waals surface area contributed by atoms with Crippen molar-refractivity contribution in [3.63, 3.8) is 0 Å². The Hall–Kier alpha value is -3.73. The molecule has 5 heteroatoms. The van der Waals surface area contributed by atoms with Gasteiger partial charge in [-0.05, 0) is 41.5 Å². The molecule has 1 aliphatic heterocycles. The molecule has 2 amide bonds. The monoisotopic (exact) mass is 371 g/mol. The maximum Gasteiger partial charge on any atom is 0.337 e. The van der Waals surface area contributed by atoms with E-state index >= 15 is 0 Å². The fraction of sp³-hybridized carbons (Fsp3) is 0.0870. The van der Waals surface area contributed by atoms with Gasteiger partial charge in [-0.3, -0.25) is 9.59 Å². The SMILES string of the molecule is COC(=O)c1ccc2c(c1)C(c1ccccc1)C(=O)N2C(=O)c1ccccc1. The number of esters is 1. The predicted molar refractivity (Wildman–Crippen MR) is 104 cm³/mol. The lowest BCUT2D eigenvalue weighted by Crippen LogP contribution is -2.35. The number of fused-ring (bicyclic) bond motifs is 1. The van der Waals surface area contributed by atoms with Gasteiger partial charge >= 0.3 is 5.97 Å². The standard InChI is InChI=1S/C23H17NO4/c1-28-23(27)17-12-13-19-18(14-17)20(15-8-4-2-5-9-15)22(26)24(19)21(25)16-10-6-3-7-11-16/h2-14,20H,1H3. The molecule has 3 aromatic rings. The van der Waals surface area contributed by atoms with E-state index in [0.717, 1.165) is 5.56 Å². The van der Waals surface area contributed by atoms with Crippen LogP contribution >= 0.6 is 0 Å². The first-order valence-corrected chi connectivity index (χ1v) is 8.82. The zero-order valence-corrected chi connectivity index (χ0v) is 15.2. The van der Waals surface area contributed by atoms with Gasteiger partial charge in [0, 0.05) is 5.56 Å². The Balaban J connectivity index is 1.86. The molecule has 0 N–H and O–H groups in total. The van der Waals surface area contributed by atoms with E-state index in [2.05, 4.69) is 0 Å². The van der Waals surface area contributed by atoms with Crippen LogP contribution in [-0.4, -0.2) is 24.9 Å². The Bertz CT molecular complexity index is 1060. The first-order chi connectivity index (χ1) is 13.6. The predicted octanol–water partition coefficient (Wildman–Crippen LogP) is 3.79. The highest BCUT2D eigenvalue weighted by molar-refractivity contribution is 6.26. The molecule has 1 atom stereocenters. The number of hydrogen-bond donors (Lipinski definition) is 0. The summed E-state index contributed by atoms with van der Waals surface area (Å²) in [7, 11) is 1.31. The van der Waals surface area contributed by atoms with Crippen LogP contribution in [0, 0.1) is 0 Å². The summed E-state index contributed by atoms with van der Waals surface area (Å²) in [5.41, 5.74) is 2.62. The number of ether oxygens (including phenoxy) is 1. The number of amides is 2. The van der Waals surface area contributed by atoms with Gasteiger partial charge in [-0.25, -0.2) is 9.69 Å². The van der Waals surface area contributed by atoms with Gasteiger partial charge < -0.3 is 4.74 Å². The normalized spacial score (nSPS) is 15.2. The van der Waals surface area contributed by atoms with Gasteiger partial charge in [0.25, 0.3) is 5.91 Å². The number of anilines is 1. The summed E-state index contributed by atoms with van der Waals surface area (Å²) >= 11 is 0. The average Bonchev–Trinajstić information content (AvgIpc) is 3.04. The summed E-state index contributed by atoms with van der Waals surface area (Å²) in [6, 6.07) is 22.7. The third kappa shape index (κ3) is 2.87. The number of imide groups is 1. The molecule has 0 radical (unpaired) electrons. The molecule has 5 nitrogen and oxygen atoms in total. The quantitative estimate of drug-likeness (QED) is 0.519. The van der Waals surface area contributed by atoms with Crippen molar-refractivity contribution in [3.8, 4) is 0 Å².